The molecule has 0 heterocycles. The minimum Gasteiger partial charge on any atom is -0.296 e. The minimum atomic E-state index is 0.0225. The van der Waals surface area contributed by atoms with Crippen LogP contribution in [0.4, 0.5) is 0 Å². The zero-order valence-corrected chi connectivity index (χ0v) is 8.84. The van der Waals surface area contributed by atoms with Crippen molar-refractivity contribution in [1.82, 2.24) is 4.90 Å². The van der Waals surface area contributed by atoms with Gasteiger partial charge in [-0.2, -0.15) is 0 Å². The lowest BCUT2D eigenvalue weighted by atomic mass is 10.1. The Kier molecular flexibility index (Phi) is 6.39. The highest BCUT2D eigenvalue weighted by Gasteiger charge is 2.16. The van der Waals surface area contributed by atoms with E-state index in [1.165, 1.54) is 0 Å². The maximum Gasteiger partial charge on any atom is 0.0949 e. The molecule has 12 heavy (non-hydrogen) atoms. The van der Waals surface area contributed by atoms with Gasteiger partial charge in [-0.3, -0.25) is 4.90 Å². The zero-order chi connectivity index (χ0) is 9.56. The molecule has 0 aromatic rings. The predicted octanol–water partition coefficient (Wildman–Crippen LogP) is 2.32. The molecule has 0 rings (SSSR count). The number of hydrogen-bond donors (Lipinski definition) is 0. The van der Waals surface area contributed by atoms with Crippen molar-refractivity contribution in [3.8, 4) is 0 Å². The highest BCUT2D eigenvalue weighted by Crippen LogP contribution is 2.10. The lowest BCUT2D eigenvalue weighted by molar-refractivity contribution is 0.0866. The fourth-order valence-electron chi connectivity index (χ4n) is 1.45. The van der Waals surface area contributed by atoms with Crippen molar-refractivity contribution in [3.63, 3.8) is 0 Å². The van der Waals surface area contributed by atoms with Gasteiger partial charge in [0.1, 0.15) is 0 Å². The molecule has 2 nitrogen and oxygen atoms in total. The molecule has 0 amide bonds. The SMILES string of the molecule is CCC(C)N(CC[O])C(C)CC. The van der Waals surface area contributed by atoms with Crippen molar-refractivity contribution in [2.45, 2.75) is 52.6 Å². The molecule has 0 spiro atoms. The van der Waals surface area contributed by atoms with E-state index in [-0.39, 0.29) is 6.61 Å². The first kappa shape index (κ1) is 11.9. The molecule has 0 aliphatic rings. The summed E-state index contributed by atoms with van der Waals surface area (Å²) in [5.74, 6) is 0. The first-order chi connectivity index (χ1) is 5.67. The number of hydrogen-bond acceptors (Lipinski definition) is 1. The summed E-state index contributed by atoms with van der Waals surface area (Å²) in [7, 11) is 0. The van der Waals surface area contributed by atoms with E-state index in [9.17, 15) is 5.11 Å². The van der Waals surface area contributed by atoms with Gasteiger partial charge in [-0.25, -0.2) is 5.11 Å². The largest absolute Gasteiger partial charge is 0.296 e. The molecule has 0 aliphatic carbocycles. The normalized spacial score (nSPS) is 16.5. The molecule has 1 radical (unpaired) electrons. The Morgan fingerprint density at radius 1 is 1.08 bits per heavy atom. The summed E-state index contributed by atoms with van der Waals surface area (Å²) in [6.45, 7) is 9.46. The molecule has 0 aromatic carbocycles. The summed E-state index contributed by atoms with van der Waals surface area (Å²) in [6, 6.07) is 1.10. The van der Waals surface area contributed by atoms with Crippen LogP contribution in [0, 0.1) is 0 Å². The maximum absolute atomic E-state index is 10.5. The zero-order valence-electron chi connectivity index (χ0n) is 8.84. The number of nitrogens with zero attached hydrogens (tertiary/aromatic N) is 1. The fourth-order valence-corrected chi connectivity index (χ4v) is 1.45. The van der Waals surface area contributed by atoms with Crippen LogP contribution >= 0.6 is 0 Å². The second-order valence-corrected chi connectivity index (χ2v) is 3.46. The molecule has 0 aromatic heterocycles. The first-order valence-corrected chi connectivity index (χ1v) is 5.01. The average molecular weight is 172 g/mol. The van der Waals surface area contributed by atoms with E-state index in [1.54, 1.807) is 0 Å². The molecular weight excluding hydrogens is 150 g/mol. The maximum atomic E-state index is 10.5. The Hall–Kier alpha value is -0.0800. The van der Waals surface area contributed by atoms with Gasteiger partial charge < -0.3 is 0 Å². The van der Waals surface area contributed by atoms with Crippen molar-refractivity contribution >= 4 is 0 Å². The van der Waals surface area contributed by atoms with Crippen LogP contribution in [-0.2, 0) is 5.11 Å². The third-order valence-corrected chi connectivity index (χ3v) is 2.66. The monoisotopic (exact) mass is 172 g/mol. The van der Waals surface area contributed by atoms with Crippen LogP contribution in [-0.4, -0.2) is 30.1 Å². The third kappa shape index (κ3) is 3.55. The summed E-state index contributed by atoms with van der Waals surface area (Å²) in [5, 5.41) is 10.5. The lowest BCUT2D eigenvalue weighted by Crippen LogP contribution is -2.41. The van der Waals surface area contributed by atoms with Crippen LogP contribution in [0.2, 0.25) is 0 Å². The Bertz CT molecular complexity index is 96.0. The van der Waals surface area contributed by atoms with Crippen LogP contribution in [0.5, 0.6) is 0 Å². The molecule has 2 atom stereocenters. The second kappa shape index (κ2) is 6.44. The van der Waals surface area contributed by atoms with E-state index in [1.807, 2.05) is 0 Å². The molecule has 2 unspecified atom stereocenters. The summed E-state index contributed by atoms with van der Waals surface area (Å²) >= 11 is 0. The van der Waals surface area contributed by atoms with E-state index in [0.29, 0.717) is 18.6 Å². The summed E-state index contributed by atoms with van der Waals surface area (Å²) < 4.78 is 0. The smallest absolute Gasteiger partial charge is 0.0949 e. The Morgan fingerprint density at radius 3 is 1.75 bits per heavy atom. The van der Waals surface area contributed by atoms with Gasteiger partial charge in [0, 0.05) is 18.6 Å². The molecule has 0 saturated heterocycles. The van der Waals surface area contributed by atoms with Crippen LogP contribution in [0.15, 0.2) is 0 Å². The van der Waals surface area contributed by atoms with Gasteiger partial charge in [-0.05, 0) is 26.7 Å². The predicted molar refractivity (Wildman–Crippen MR) is 51.8 cm³/mol. The van der Waals surface area contributed by atoms with Gasteiger partial charge in [-0.1, -0.05) is 13.8 Å². The highest BCUT2D eigenvalue weighted by molar-refractivity contribution is 4.71. The molecule has 73 valence electrons. The molecule has 0 fully saturated rings. The van der Waals surface area contributed by atoms with Gasteiger partial charge >= 0.3 is 0 Å². The molecule has 0 aliphatic heterocycles. The first-order valence-electron chi connectivity index (χ1n) is 5.01. The van der Waals surface area contributed by atoms with E-state index in [2.05, 4.69) is 32.6 Å². The topological polar surface area (TPSA) is 23.1 Å². The fraction of sp³-hybridized carbons (Fsp3) is 1.00. The van der Waals surface area contributed by atoms with E-state index < -0.39 is 0 Å². The van der Waals surface area contributed by atoms with Crippen LogP contribution in [0.25, 0.3) is 0 Å². The average Bonchev–Trinajstić information content (AvgIpc) is 2.11. The van der Waals surface area contributed by atoms with Gasteiger partial charge in [-0.15, -0.1) is 0 Å². The summed E-state index contributed by atoms with van der Waals surface area (Å²) in [5.41, 5.74) is 0. The lowest BCUT2D eigenvalue weighted by Gasteiger charge is -2.32. The molecule has 0 N–H and O–H groups in total. The second-order valence-electron chi connectivity index (χ2n) is 3.46. The van der Waals surface area contributed by atoms with Crippen LogP contribution in [0.1, 0.15) is 40.5 Å². The van der Waals surface area contributed by atoms with E-state index in [4.69, 9.17) is 0 Å². The molecular formula is C10H22NO. The summed E-state index contributed by atoms with van der Waals surface area (Å²) in [4.78, 5) is 2.31. The quantitative estimate of drug-likeness (QED) is 0.603. The van der Waals surface area contributed by atoms with Crippen LogP contribution < -0.4 is 0 Å². The van der Waals surface area contributed by atoms with Crippen LogP contribution in [0.3, 0.4) is 0 Å². The van der Waals surface area contributed by atoms with E-state index >= 15 is 0 Å². The van der Waals surface area contributed by atoms with Gasteiger partial charge in [0.05, 0.1) is 6.61 Å². The van der Waals surface area contributed by atoms with Crippen molar-refractivity contribution in [1.29, 1.82) is 0 Å². The minimum absolute atomic E-state index is 0.0225. The molecule has 0 saturated carbocycles. The van der Waals surface area contributed by atoms with Crippen molar-refractivity contribution in [3.05, 3.63) is 0 Å². The number of rotatable bonds is 6. The third-order valence-electron chi connectivity index (χ3n) is 2.66. The van der Waals surface area contributed by atoms with Gasteiger partial charge in [0.15, 0.2) is 0 Å². The van der Waals surface area contributed by atoms with Gasteiger partial charge in [0.25, 0.3) is 0 Å². The Balaban J connectivity index is 4.01. The van der Waals surface area contributed by atoms with Gasteiger partial charge in [0.2, 0.25) is 0 Å². The van der Waals surface area contributed by atoms with Crippen molar-refractivity contribution in [2.24, 2.45) is 0 Å². The highest BCUT2D eigenvalue weighted by atomic mass is 16.3. The molecule has 2 heteroatoms. The Morgan fingerprint density at radius 2 is 1.50 bits per heavy atom. The summed E-state index contributed by atoms with van der Waals surface area (Å²) in [6.07, 6.45) is 2.26. The van der Waals surface area contributed by atoms with Crippen molar-refractivity contribution in [2.75, 3.05) is 13.2 Å². The standard InChI is InChI=1S/C10H22NO/c1-5-9(3)11(7-8-12)10(4)6-2/h9-10H,5-8H2,1-4H3. The Labute approximate surface area is 76.6 Å². The van der Waals surface area contributed by atoms with E-state index in [0.717, 1.165) is 12.8 Å². The van der Waals surface area contributed by atoms with Crippen molar-refractivity contribution < 1.29 is 5.11 Å². The molecule has 0 bridgehead atoms.